The molecule has 0 bridgehead atoms. The fourth-order valence-corrected chi connectivity index (χ4v) is 3.48. The van der Waals surface area contributed by atoms with Crippen molar-refractivity contribution in [2.24, 2.45) is 0 Å². The van der Waals surface area contributed by atoms with Crippen molar-refractivity contribution in [1.29, 1.82) is 0 Å². The molecule has 2 aromatic heterocycles. The Hall–Kier alpha value is -3.66. The van der Waals surface area contributed by atoms with Crippen molar-refractivity contribution in [1.82, 2.24) is 19.3 Å². The van der Waals surface area contributed by atoms with Gasteiger partial charge in [-0.05, 0) is 25.5 Å². The van der Waals surface area contributed by atoms with Gasteiger partial charge in [0.05, 0.1) is 10.7 Å². The van der Waals surface area contributed by atoms with E-state index in [0.29, 0.717) is 22.8 Å². The summed E-state index contributed by atoms with van der Waals surface area (Å²) in [5, 5.41) is 4.58. The molecule has 168 valence electrons. The molecule has 0 aliphatic rings. The Bertz CT molecular complexity index is 1360. The summed E-state index contributed by atoms with van der Waals surface area (Å²) >= 11 is 6.25. The van der Waals surface area contributed by atoms with Gasteiger partial charge in [0.1, 0.15) is 5.82 Å². The molecule has 0 aliphatic heterocycles. The third-order valence-corrected chi connectivity index (χ3v) is 5.30. The van der Waals surface area contributed by atoms with Crippen LogP contribution in [-0.4, -0.2) is 32.3 Å². The van der Waals surface area contributed by atoms with Crippen molar-refractivity contribution in [2.45, 2.75) is 33.2 Å². The molecule has 11 heteroatoms. The van der Waals surface area contributed by atoms with Crippen LogP contribution in [0.2, 0.25) is 5.02 Å². The zero-order valence-electron chi connectivity index (χ0n) is 17.9. The van der Waals surface area contributed by atoms with Crippen molar-refractivity contribution >= 4 is 29.0 Å². The molecule has 0 spiro atoms. The van der Waals surface area contributed by atoms with Gasteiger partial charge in [0, 0.05) is 25.4 Å². The molecule has 0 fully saturated rings. The predicted molar refractivity (Wildman–Crippen MR) is 123 cm³/mol. The first kappa shape index (κ1) is 23.0. The summed E-state index contributed by atoms with van der Waals surface area (Å²) in [4.78, 5) is 53.5. The van der Waals surface area contributed by atoms with E-state index in [-0.39, 0.29) is 18.1 Å². The highest BCUT2D eigenvalue weighted by Gasteiger charge is 2.25. The highest BCUT2D eigenvalue weighted by Crippen LogP contribution is 2.21. The number of nitrogens with zero attached hydrogens (tertiary/aromatic N) is 4. The van der Waals surface area contributed by atoms with Crippen LogP contribution in [0.1, 0.15) is 35.9 Å². The quantitative estimate of drug-likeness (QED) is 0.577. The third kappa shape index (κ3) is 4.22. The Kier molecular flexibility index (Phi) is 6.64. The second kappa shape index (κ2) is 9.23. The number of benzene rings is 1. The van der Waals surface area contributed by atoms with E-state index in [2.05, 4.69) is 10.1 Å². The number of unbranched alkanes of at least 4 members (excludes halogenated alkanes) is 1. The number of aromatic amines is 1. The van der Waals surface area contributed by atoms with Gasteiger partial charge in [-0.25, -0.2) is 9.48 Å². The second-order valence-electron chi connectivity index (χ2n) is 7.22. The summed E-state index contributed by atoms with van der Waals surface area (Å²) in [6.07, 6.45) is 1.44. The van der Waals surface area contributed by atoms with Crippen LogP contribution in [0.15, 0.2) is 44.7 Å². The molecule has 3 N–H and O–H groups in total. The number of hydrogen-bond acceptors (Lipinski definition) is 6. The molecule has 0 unspecified atom stereocenters. The summed E-state index contributed by atoms with van der Waals surface area (Å²) in [7, 11) is 1.29. The number of hydrogen-bond donors (Lipinski definition) is 2. The van der Waals surface area contributed by atoms with Crippen LogP contribution in [0.4, 0.5) is 11.5 Å². The maximum Gasteiger partial charge on any atom is 0.330 e. The monoisotopic (exact) mass is 458 g/mol. The lowest BCUT2D eigenvalue weighted by Crippen LogP contribution is -2.41. The van der Waals surface area contributed by atoms with Gasteiger partial charge >= 0.3 is 5.69 Å². The van der Waals surface area contributed by atoms with E-state index >= 15 is 0 Å². The molecule has 3 rings (SSSR count). The zero-order chi connectivity index (χ0) is 23.6. The number of nitrogens with two attached hydrogens (primary N) is 1. The van der Waals surface area contributed by atoms with Crippen LogP contribution in [0, 0.1) is 6.92 Å². The lowest BCUT2D eigenvalue weighted by molar-refractivity contribution is 0.0985. The number of carbonyl (C=O) groups is 1. The van der Waals surface area contributed by atoms with E-state index in [1.165, 1.54) is 22.4 Å². The fourth-order valence-electron chi connectivity index (χ4n) is 3.26. The fraction of sp³-hybridized carbons (Fsp3) is 0.286. The topological polar surface area (TPSA) is 136 Å². The van der Waals surface area contributed by atoms with Crippen LogP contribution in [0.25, 0.3) is 5.69 Å². The Labute approximate surface area is 187 Å². The van der Waals surface area contributed by atoms with Gasteiger partial charge in [-0.15, -0.1) is 0 Å². The standard InChI is InChI=1S/C21H23ClN6O4/c1-4-5-10-27-18(23)17(19(30)24-21(27)32)26(3)20(31)16-15(29)11-12(2)28(25-16)14-9-7-6-8-13(14)22/h6-9,11H,4-5,10,23H2,1-3H3,(H,24,30,32). The van der Waals surface area contributed by atoms with Gasteiger partial charge < -0.3 is 10.6 Å². The molecule has 1 aromatic carbocycles. The zero-order valence-corrected chi connectivity index (χ0v) is 18.6. The van der Waals surface area contributed by atoms with Crippen LogP contribution in [-0.2, 0) is 6.54 Å². The van der Waals surface area contributed by atoms with E-state index < -0.39 is 28.3 Å². The van der Waals surface area contributed by atoms with Crippen molar-refractivity contribution in [2.75, 3.05) is 17.7 Å². The summed E-state index contributed by atoms with van der Waals surface area (Å²) in [5.41, 5.74) is 4.22. The van der Waals surface area contributed by atoms with Gasteiger partial charge in [-0.1, -0.05) is 37.1 Å². The minimum atomic E-state index is -0.853. The van der Waals surface area contributed by atoms with E-state index in [4.69, 9.17) is 17.3 Å². The lowest BCUT2D eigenvalue weighted by Gasteiger charge is -2.20. The largest absolute Gasteiger partial charge is 0.383 e. The molecular formula is C21H23ClN6O4. The Morgan fingerprint density at radius 3 is 2.59 bits per heavy atom. The minimum Gasteiger partial charge on any atom is -0.383 e. The number of aryl methyl sites for hydroxylation is 1. The second-order valence-corrected chi connectivity index (χ2v) is 7.63. The van der Waals surface area contributed by atoms with E-state index in [1.54, 1.807) is 31.2 Å². The third-order valence-electron chi connectivity index (χ3n) is 4.98. The summed E-state index contributed by atoms with van der Waals surface area (Å²) in [6.45, 7) is 3.87. The Morgan fingerprint density at radius 1 is 1.25 bits per heavy atom. The maximum absolute atomic E-state index is 13.2. The number of aromatic nitrogens is 4. The van der Waals surface area contributed by atoms with Gasteiger partial charge in [-0.2, -0.15) is 5.10 Å². The lowest BCUT2D eigenvalue weighted by atomic mass is 10.2. The normalized spacial score (nSPS) is 10.9. The van der Waals surface area contributed by atoms with Gasteiger partial charge in [0.25, 0.3) is 11.5 Å². The minimum absolute atomic E-state index is 0.165. The number of carbonyl (C=O) groups excluding carboxylic acids is 1. The van der Waals surface area contributed by atoms with Crippen molar-refractivity contribution in [3.63, 3.8) is 0 Å². The SMILES string of the molecule is CCCCn1c(N)c(N(C)C(=O)c2nn(-c3ccccc3Cl)c(C)cc2=O)c(=O)[nH]c1=O. The number of anilines is 2. The van der Waals surface area contributed by atoms with Crippen LogP contribution in [0.3, 0.4) is 0 Å². The molecule has 1 amide bonds. The number of nitrogen functional groups attached to an aromatic ring is 1. The maximum atomic E-state index is 13.2. The molecule has 0 atom stereocenters. The molecule has 3 aromatic rings. The first-order valence-electron chi connectivity index (χ1n) is 9.93. The summed E-state index contributed by atoms with van der Waals surface area (Å²) in [6, 6.07) is 8.09. The van der Waals surface area contributed by atoms with Crippen molar-refractivity contribution in [3.05, 3.63) is 77.8 Å². The number of rotatable bonds is 6. The van der Waals surface area contributed by atoms with E-state index in [9.17, 15) is 19.2 Å². The molecule has 32 heavy (non-hydrogen) atoms. The van der Waals surface area contributed by atoms with Crippen LogP contribution < -0.4 is 27.3 Å². The molecular weight excluding hydrogens is 436 g/mol. The first-order valence-corrected chi connectivity index (χ1v) is 10.3. The highest BCUT2D eigenvalue weighted by molar-refractivity contribution is 6.32. The van der Waals surface area contributed by atoms with Crippen molar-refractivity contribution < 1.29 is 4.79 Å². The van der Waals surface area contributed by atoms with Crippen LogP contribution >= 0.6 is 11.6 Å². The summed E-state index contributed by atoms with van der Waals surface area (Å²) < 4.78 is 2.56. The number of amides is 1. The van der Waals surface area contributed by atoms with Gasteiger partial charge in [0.15, 0.2) is 11.4 Å². The Balaban J connectivity index is 2.12. The Morgan fingerprint density at radius 2 is 1.94 bits per heavy atom. The highest BCUT2D eigenvalue weighted by atomic mass is 35.5. The van der Waals surface area contributed by atoms with Gasteiger partial charge in [0.2, 0.25) is 5.43 Å². The average molecular weight is 459 g/mol. The number of para-hydroxylation sites is 1. The van der Waals surface area contributed by atoms with Crippen LogP contribution in [0.5, 0.6) is 0 Å². The molecule has 2 heterocycles. The summed E-state index contributed by atoms with van der Waals surface area (Å²) in [5.74, 6) is -1.02. The number of halogens is 1. The first-order chi connectivity index (χ1) is 15.2. The molecule has 0 aliphatic carbocycles. The molecule has 0 radical (unpaired) electrons. The van der Waals surface area contributed by atoms with E-state index in [0.717, 1.165) is 11.3 Å². The smallest absolute Gasteiger partial charge is 0.330 e. The molecule has 0 saturated heterocycles. The average Bonchev–Trinajstić information content (AvgIpc) is 2.73. The molecule has 10 nitrogen and oxygen atoms in total. The van der Waals surface area contributed by atoms with Crippen molar-refractivity contribution in [3.8, 4) is 5.69 Å². The van der Waals surface area contributed by atoms with Gasteiger partial charge in [-0.3, -0.25) is 23.9 Å². The number of nitrogens with one attached hydrogen (secondary N) is 1. The molecule has 0 saturated carbocycles. The number of H-pyrrole nitrogens is 1. The predicted octanol–water partition coefficient (Wildman–Crippen LogP) is 1.70. The van der Waals surface area contributed by atoms with E-state index in [1.807, 2.05) is 6.92 Å².